The Labute approximate surface area is 67.6 Å². The highest BCUT2D eigenvalue weighted by molar-refractivity contribution is 5.79. The van der Waals surface area contributed by atoms with Gasteiger partial charge in [-0.3, -0.25) is 4.79 Å². The topological polar surface area (TPSA) is 63.3 Å². The van der Waals surface area contributed by atoms with Crippen molar-refractivity contribution in [3.05, 3.63) is 0 Å². The number of carbonyl (C=O) groups is 1. The van der Waals surface area contributed by atoms with Crippen LogP contribution in [-0.4, -0.2) is 16.6 Å². The van der Waals surface area contributed by atoms with Gasteiger partial charge in [0.05, 0.1) is 0 Å². The molecule has 0 radical (unpaired) electrons. The summed E-state index contributed by atoms with van der Waals surface area (Å²) in [7, 11) is 0. The summed E-state index contributed by atoms with van der Waals surface area (Å²) in [5.41, 5.74) is 4.22. The van der Waals surface area contributed by atoms with E-state index in [4.69, 9.17) is 10.8 Å². The number of rotatable bonds is 2. The molecule has 0 aromatic rings. The molecule has 3 heteroatoms. The highest BCUT2D eigenvalue weighted by Gasteiger charge is 2.43. The third-order valence-corrected chi connectivity index (χ3v) is 2.28. The van der Waals surface area contributed by atoms with Gasteiger partial charge >= 0.3 is 5.97 Å². The van der Waals surface area contributed by atoms with Gasteiger partial charge in [0, 0.05) is 0 Å². The molecule has 0 bridgehead atoms. The summed E-state index contributed by atoms with van der Waals surface area (Å²) in [5, 5.41) is 8.84. The van der Waals surface area contributed by atoms with Crippen molar-refractivity contribution in [2.75, 3.05) is 0 Å². The maximum atomic E-state index is 10.8. The molecule has 0 fully saturated rings. The van der Waals surface area contributed by atoms with Crippen LogP contribution < -0.4 is 5.73 Å². The van der Waals surface area contributed by atoms with E-state index in [-0.39, 0.29) is 0 Å². The summed E-state index contributed by atoms with van der Waals surface area (Å²) >= 11 is 0. The number of aliphatic carboxylic acids is 1. The second kappa shape index (κ2) is 2.81. The van der Waals surface area contributed by atoms with Crippen LogP contribution in [-0.2, 0) is 4.79 Å². The Bertz CT molecular complexity index is 160. The lowest BCUT2D eigenvalue weighted by Crippen LogP contribution is -2.57. The molecule has 3 nitrogen and oxygen atoms in total. The van der Waals surface area contributed by atoms with Crippen molar-refractivity contribution in [3.8, 4) is 0 Å². The Kier molecular flexibility index (Phi) is 2.67. The molecule has 1 atom stereocenters. The van der Waals surface area contributed by atoms with E-state index in [9.17, 15) is 4.79 Å². The molecule has 0 aromatic heterocycles. The molecular formula is C8H17NO2. The van der Waals surface area contributed by atoms with Crippen LogP contribution in [0.25, 0.3) is 0 Å². The van der Waals surface area contributed by atoms with Gasteiger partial charge in [0.15, 0.2) is 0 Å². The summed E-state index contributed by atoms with van der Waals surface area (Å²) in [6.45, 7) is 7.30. The van der Waals surface area contributed by atoms with Crippen LogP contribution in [0.3, 0.4) is 0 Å². The Hall–Kier alpha value is -0.570. The SMILES string of the molecule is CCC(N)(C(=O)O)C(C)(C)C. The van der Waals surface area contributed by atoms with Crippen molar-refractivity contribution in [1.29, 1.82) is 0 Å². The number of carboxylic acid groups (broad SMARTS) is 1. The normalized spacial score (nSPS) is 17.5. The third kappa shape index (κ3) is 1.71. The summed E-state index contributed by atoms with van der Waals surface area (Å²) in [6.07, 6.45) is 0.450. The van der Waals surface area contributed by atoms with Crippen molar-refractivity contribution in [2.45, 2.75) is 39.7 Å². The zero-order chi connectivity index (χ0) is 9.28. The average Bonchev–Trinajstić information content (AvgIpc) is 1.83. The molecule has 0 saturated heterocycles. The van der Waals surface area contributed by atoms with E-state index >= 15 is 0 Å². The molecule has 0 amide bonds. The Morgan fingerprint density at radius 3 is 1.82 bits per heavy atom. The average molecular weight is 159 g/mol. The van der Waals surface area contributed by atoms with Crippen molar-refractivity contribution in [1.82, 2.24) is 0 Å². The molecule has 0 aromatic carbocycles. The minimum Gasteiger partial charge on any atom is -0.480 e. The Balaban J connectivity index is 4.75. The van der Waals surface area contributed by atoms with Crippen LogP contribution in [0.5, 0.6) is 0 Å². The second-order valence-corrected chi connectivity index (χ2v) is 3.88. The van der Waals surface area contributed by atoms with Crippen LogP contribution in [0, 0.1) is 5.41 Å². The monoisotopic (exact) mass is 159 g/mol. The molecule has 0 aliphatic rings. The molecule has 0 heterocycles. The van der Waals surface area contributed by atoms with Gasteiger partial charge in [0.1, 0.15) is 5.54 Å². The van der Waals surface area contributed by atoms with Gasteiger partial charge in [0.25, 0.3) is 0 Å². The lowest BCUT2D eigenvalue weighted by molar-refractivity contribution is -0.147. The van der Waals surface area contributed by atoms with Crippen molar-refractivity contribution >= 4 is 5.97 Å². The first-order chi connectivity index (χ1) is 4.75. The van der Waals surface area contributed by atoms with Gasteiger partial charge in [-0.2, -0.15) is 0 Å². The quantitative estimate of drug-likeness (QED) is 0.636. The van der Waals surface area contributed by atoms with Crippen LogP contribution in [0.15, 0.2) is 0 Å². The van der Waals surface area contributed by atoms with E-state index in [1.807, 2.05) is 20.8 Å². The van der Waals surface area contributed by atoms with Gasteiger partial charge in [-0.1, -0.05) is 27.7 Å². The standard InChI is InChI=1S/C8H17NO2/c1-5-8(9,6(10)11)7(2,3)4/h5,9H2,1-4H3,(H,10,11). The molecule has 0 aliphatic carbocycles. The first kappa shape index (κ1) is 10.4. The fourth-order valence-corrected chi connectivity index (χ4v) is 1.00. The first-order valence-electron chi connectivity index (χ1n) is 3.78. The molecule has 0 rings (SSSR count). The van der Waals surface area contributed by atoms with Crippen LogP contribution in [0.4, 0.5) is 0 Å². The molecule has 3 N–H and O–H groups in total. The summed E-state index contributed by atoms with van der Waals surface area (Å²) in [5.74, 6) is -0.924. The number of hydrogen-bond acceptors (Lipinski definition) is 2. The van der Waals surface area contributed by atoms with E-state index in [1.165, 1.54) is 0 Å². The van der Waals surface area contributed by atoms with E-state index < -0.39 is 16.9 Å². The highest BCUT2D eigenvalue weighted by Crippen LogP contribution is 2.30. The van der Waals surface area contributed by atoms with Crippen molar-refractivity contribution in [3.63, 3.8) is 0 Å². The number of carboxylic acids is 1. The molecule has 11 heavy (non-hydrogen) atoms. The maximum absolute atomic E-state index is 10.8. The number of hydrogen-bond donors (Lipinski definition) is 2. The van der Waals surface area contributed by atoms with Gasteiger partial charge < -0.3 is 10.8 Å². The third-order valence-electron chi connectivity index (χ3n) is 2.28. The van der Waals surface area contributed by atoms with Crippen LogP contribution >= 0.6 is 0 Å². The lowest BCUT2D eigenvalue weighted by atomic mass is 9.73. The van der Waals surface area contributed by atoms with E-state index in [0.717, 1.165) is 0 Å². The van der Waals surface area contributed by atoms with Crippen molar-refractivity contribution in [2.24, 2.45) is 11.1 Å². The van der Waals surface area contributed by atoms with Gasteiger partial charge in [-0.25, -0.2) is 0 Å². The predicted octanol–water partition coefficient (Wildman–Crippen LogP) is 1.22. The Morgan fingerprint density at radius 1 is 1.45 bits per heavy atom. The van der Waals surface area contributed by atoms with E-state index in [1.54, 1.807) is 6.92 Å². The van der Waals surface area contributed by atoms with E-state index in [2.05, 4.69) is 0 Å². The van der Waals surface area contributed by atoms with Crippen LogP contribution in [0.1, 0.15) is 34.1 Å². The maximum Gasteiger partial charge on any atom is 0.324 e. The van der Waals surface area contributed by atoms with Gasteiger partial charge in [-0.15, -0.1) is 0 Å². The molecule has 66 valence electrons. The smallest absolute Gasteiger partial charge is 0.324 e. The van der Waals surface area contributed by atoms with Crippen LogP contribution in [0.2, 0.25) is 0 Å². The number of nitrogens with two attached hydrogens (primary N) is 1. The molecule has 0 spiro atoms. The summed E-state index contributed by atoms with van der Waals surface area (Å²) in [6, 6.07) is 0. The molecule has 0 saturated carbocycles. The lowest BCUT2D eigenvalue weighted by Gasteiger charge is -2.36. The highest BCUT2D eigenvalue weighted by atomic mass is 16.4. The fraction of sp³-hybridized carbons (Fsp3) is 0.875. The van der Waals surface area contributed by atoms with E-state index in [0.29, 0.717) is 6.42 Å². The summed E-state index contributed by atoms with van der Waals surface area (Å²) < 4.78 is 0. The Morgan fingerprint density at radius 2 is 1.82 bits per heavy atom. The fourth-order valence-electron chi connectivity index (χ4n) is 1.00. The second-order valence-electron chi connectivity index (χ2n) is 3.88. The van der Waals surface area contributed by atoms with Crippen molar-refractivity contribution < 1.29 is 9.90 Å². The zero-order valence-corrected chi connectivity index (χ0v) is 7.64. The first-order valence-corrected chi connectivity index (χ1v) is 3.78. The van der Waals surface area contributed by atoms with Gasteiger partial charge in [-0.05, 0) is 11.8 Å². The minimum absolute atomic E-state index is 0.395. The molecule has 0 aliphatic heterocycles. The van der Waals surface area contributed by atoms with Gasteiger partial charge in [0.2, 0.25) is 0 Å². The largest absolute Gasteiger partial charge is 0.480 e. The predicted molar refractivity (Wildman–Crippen MR) is 44.3 cm³/mol. The molecule has 1 unspecified atom stereocenters. The minimum atomic E-state index is -1.10. The zero-order valence-electron chi connectivity index (χ0n) is 7.64. The molecular weight excluding hydrogens is 142 g/mol. The summed E-state index contributed by atoms with van der Waals surface area (Å²) in [4.78, 5) is 10.8.